The predicted molar refractivity (Wildman–Crippen MR) is 109 cm³/mol. The molecule has 142 valence electrons. The van der Waals surface area contributed by atoms with E-state index < -0.39 is 0 Å². The van der Waals surface area contributed by atoms with Gasteiger partial charge in [-0.05, 0) is 43.3 Å². The Morgan fingerprint density at radius 3 is 2.71 bits per heavy atom. The first kappa shape index (κ1) is 17.6. The second kappa shape index (κ2) is 7.52. The van der Waals surface area contributed by atoms with Gasteiger partial charge in [-0.15, -0.1) is 31.7 Å². The molecule has 0 aliphatic heterocycles. The van der Waals surface area contributed by atoms with Crippen LogP contribution in [-0.2, 0) is 6.42 Å². The van der Waals surface area contributed by atoms with Gasteiger partial charge in [-0.3, -0.25) is 0 Å². The first-order chi connectivity index (χ1) is 13.8. The highest BCUT2D eigenvalue weighted by atomic mass is 32.2. The van der Waals surface area contributed by atoms with E-state index in [1.807, 2.05) is 30.3 Å². The molecule has 8 heteroatoms. The summed E-state index contributed by atoms with van der Waals surface area (Å²) >= 11 is 3.39. The third-order valence-corrected chi connectivity index (χ3v) is 6.57. The molecule has 1 atom stereocenters. The Hall–Kier alpha value is -2.45. The lowest BCUT2D eigenvalue weighted by molar-refractivity contribution is 0.508. The van der Waals surface area contributed by atoms with Crippen molar-refractivity contribution in [2.75, 3.05) is 0 Å². The first-order valence-corrected chi connectivity index (χ1v) is 11.1. The topological polar surface area (TPSA) is 69.6 Å². The molecule has 5 rings (SSSR count). The van der Waals surface area contributed by atoms with Gasteiger partial charge in [0.2, 0.25) is 11.8 Å². The van der Waals surface area contributed by atoms with Crippen LogP contribution in [0, 0.1) is 0 Å². The Balaban J connectivity index is 1.36. The highest BCUT2D eigenvalue weighted by Crippen LogP contribution is 2.42. The lowest BCUT2D eigenvalue weighted by Crippen LogP contribution is -2.04. The fraction of sp³-hybridized carbons (Fsp3) is 0.300. The SMILES string of the molecule is C[C@H](Sc1nnc(Cc2cccs2)n1C1CC1)c1nnc(-c2ccccc2)o1. The summed E-state index contributed by atoms with van der Waals surface area (Å²) in [7, 11) is 0. The van der Waals surface area contributed by atoms with Crippen LogP contribution >= 0.6 is 23.1 Å². The molecule has 4 aromatic rings. The Morgan fingerprint density at radius 2 is 1.96 bits per heavy atom. The van der Waals surface area contributed by atoms with Gasteiger partial charge >= 0.3 is 0 Å². The zero-order valence-corrected chi connectivity index (χ0v) is 17.0. The first-order valence-electron chi connectivity index (χ1n) is 9.29. The van der Waals surface area contributed by atoms with Crippen molar-refractivity contribution in [2.45, 2.75) is 42.6 Å². The molecule has 1 fully saturated rings. The van der Waals surface area contributed by atoms with Crippen LogP contribution < -0.4 is 0 Å². The maximum atomic E-state index is 5.91. The van der Waals surface area contributed by atoms with E-state index in [0.717, 1.165) is 23.0 Å². The molecular weight excluding hydrogens is 390 g/mol. The van der Waals surface area contributed by atoms with Crippen molar-refractivity contribution in [3.63, 3.8) is 0 Å². The molecule has 3 aromatic heterocycles. The summed E-state index contributed by atoms with van der Waals surface area (Å²) in [4.78, 5) is 1.31. The second-order valence-corrected chi connectivity index (χ2v) is 9.17. The van der Waals surface area contributed by atoms with E-state index in [-0.39, 0.29) is 5.25 Å². The molecule has 0 unspecified atom stereocenters. The Labute approximate surface area is 171 Å². The van der Waals surface area contributed by atoms with Gasteiger partial charge in [0.1, 0.15) is 5.82 Å². The lowest BCUT2D eigenvalue weighted by Gasteiger charge is -2.10. The molecular formula is C20H19N5OS2. The van der Waals surface area contributed by atoms with Crippen molar-refractivity contribution >= 4 is 23.1 Å². The minimum absolute atomic E-state index is 0.00116. The molecule has 1 aromatic carbocycles. The van der Waals surface area contributed by atoms with Crippen LogP contribution in [0.1, 0.15) is 47.6 Å². The second-order valence-electron chi connectivity index (χ2n) is 6.83. The number of thiophene rings is 1. The number of thioether (sulfide) groups is 1. The lowest BCUT2D eigenvalue weighted by atomic mass is 10.2. The maximum absolute atomic E-state index is 5.91. The summed E-state index contributed by atoms with van der Waals surface area (Å²) in [5.74, 6) is 2.19. The summed E-state index contributed by atoms with van der Waals surface area (Å²) in [5, 5.41) is 20.5. The van der Waals surface area contributed by atoms with Gasteiger partial charge in [-0.1, -0.05) is 36.0 Å². The molecule has 1 aliphatic rings. The van der Waals surface area contributed by atoms with E-state index >= 15 is 0 Å². The van der Waals surface area contributed by atoms with Gasteiger partial charge in [-0.25, -0.2) is 0 Å². The quantitative estimate of drug-likeness (QED) is 0.392. The minimum atomic E-state index is 0.00116. The highest BCUT2D eigenvalue weighted by Gasteiger charge is 2.31. The molecule has 0 saturated heterocycles. The molecule has 0 bridgehead atoms. The summed E-state index contributed by atoms with van der Waals surface area (Å²) in [6, 6.07) is 14.6. The Bertz CT molecular complexity index is 1050. The average molecular weight is 410 g/mol. The zero-order valence-electron chi connectivity index (χ0n) is 15.4. The smallest absolute Gasteiger partial charge is 0.247 e. The molecule has 0 spiro atoms. The predicted octanol–water partition coefficient (Wildman–Crippen LogP) is 5.17. The Morgan fingerprint density at radius 1 is 1.11 bits per heavy atom. The van der Waals surface area contributed by atoms with E-state index in [1.54, 1.807) is 23.1 Å². The fourth-order valence-electron chi connectivity index (χ4n) is 3.08. The van der Waals surface area contributed by atoms with Gasteiger partial charge in [0.15, 0.2) is 5.16 Å². The van der Waals surface area contributed by atoms with Gasteiger partial charge in [0, 0.05) is 22.9 Å². The summed E-state index contributed by atoms with van der Waals surface area (Å²) in [6.07, 6.45) is 3.21. The van der Waals surface area contributed by atoms with Crippen LogP contribution in [0.15, 0.2) is 57.4 Å². The third-order valence-electron chi connectivity index (χ3n) is 4.65. The normalized spacial score (nSPS) is 15.0. The van der Waals surface area contributed by atoms with Crippen molar-refractivity contribution < 1.29 is 4.42 Å². The summed E-state index contributed by atoms with van der Waals surface area (Å²) in [5.41, 5.74) is 0.929. The largest absolute Gasteiger partial charge is 0.419 e. The highest BCUT2D eigenvalue weighted by molar-refractivity contribution is 7.99. The third kappa shape index (κ3) is 3.62. The van der Waals surface area contributed by atoms with Crippen LogP contribution in [0.3, 0.4) is 0 Å². The van der Waals surface area contributed by atoms with Crippen molar-refractivity contribution in [3.8, 4) is 11.5 Å². The zero-order chi connectivity index (χ0) is 18.9. The van der Waals surface area contributed by atoms with Crippen LogP contribution in [0.25, 0.3) is 11.5 Å². The van der Waals surface area contributed by atoms with E-state index in [1.165, 1.54) is 17.7 Å². The van der Waals surface area contributed by atoms with E-state index in [9.17, 15) is 0 Å². The van der Waals surface area contributed by atoms with E-state index in [0.29, 0.717) is 17.8 Å². The monoisotopic (exact) mass is 409 g/mol. The van der Waals surface area contributed by atoms with Crippen LogP contribution in [0.4, 0.5) is 0 Å². The van der Waals surface area contributed by atoms with Crippen molar-refractivity contribution in [2.24, 2.45) is 0 Å². The molecule has 1 saturated carbocycles. The van der Waals surface area contributed by atoms with Crippen molar-refractivity contribution in [1.82, 2.24) is 25.0 Å². The van der Waals surface area contributed by atoms with Gasteiger partial charge < -0.3 is 8.98 Å². The van der Waals surface area contributed by atoms with E-state index in [4.69, 9.17) is 4.42 Å². The van der Waals surface area contributed by atoms with Crippen LogP contribution in [0.2, 0.25) is 0 Å². The van der Waals surface area contributed by atoms with E-state index in [2.05, 4.69) is 49.4 Å². The summed E-state index contributed by atoms with van der Waals surface area (Å²) < 4.78 is 8.21. The molecule has 0 radical (unpaired) electrons. The van der Waals surface area contributed by atoms with Gasteiger partial charge in [-0.2, -0.15) is 0 Å². The standard InChI is InChI=1S/C20H19N5OS2/c1-13(18-22-23-19(26-18)14-6-3-2-4-7-14)28-20-24-21-17(25(20)15-9-10-15)12-16-8-5-11-27-16/h2-8,11,13,15H,9-10,12H2,1H3/t13-/m0/s1. The number of rotatable bonds is 7. The van der Waals surface area contributed by atoms with Crippen molar-refractivity contribution in [1.29, 1.82) is 0 Å². The molecule has 28 heavy (non-hydrogen) atoms. The number of aromatic nitrogens is 5. The Kier molecular flexibility index (Phi) is 4.74. The molecule has 1 aliphatic carbocycles. The average Bonchev–Trinajstić information content (AvgIpc) is 3.13. The van der Waals surface area contributed by atoms with Crippen LogP contribution in [0.5, 0.6) is 0 Å². The number of hydrogen-bond acceptors (Lipinski definition) is 7. The van der Waals surface area contributed by atoms with Gasteiger partial charge in [0.05, 0.1) is 5.25 Å². The fourth-order valence-corrected chi connectivity index (χ4v) is 4.75. The minimum Gasteiger partial charge on any atom is -0.419 e. The summed E-state index contributed by atoms with van der Waals surface area (Å²) in [6.45, 7) is 2.07. The molecule has 0 amide bonds. The number of hydrogen-bond donors (Lipinski definition) is 0. The van der Waals surface area contributed by atoms with Crippen molar-refractivity contribution in [3.05, 3.63) is 64.4 Å². The molecule has 0 N–H and O–H groups in total. The van der Waals surface area contributed by atoms with Gasteiger partial charge in [0.25, 0.3) is 0 Å². The molecule has 3 heterocycles. The number of nitrogens with zero attached hydrogens (tertiary/aromatic N) is 5. The maximum Gasteiger partial charge on any atom is 0.247 e. The number of benzene rings is 1. The van der Waals surface area contributed by atoms with Crippen LogP contribution in [-0.4, -0.2) is 25.0 Å². The molecule has 6 nitrogen and oxygen atoms in total.